The van der Waals surface area contributed by atoms with E-state index in [-0.39, 0.29) is 23.2 Å². The van der Waals surface area contributed by atoms with Crippen LogP contribution in [-0.4, -0.2) is 39.7 Å². The molecule has 2 aliphatic heterocycles. The Hall–Kier alpha value is -4.52. The van der Waals surface area contributed by atoms with Gasteiger partial charge in [-0.3, -0.25) is 23.7 Å². The van der Waals surface area contributed by atoms with Crippen molar-refractivity contribution >= 4 is 34.1 Å². The summed E-state index contributed by atoms with van der Waals surface area (Å²) in [5.41, 5.74) is 3.21. The van der Waals surface area contributed by atoms with Gasteiger partial charge < -0.3 is 10.2 Å². The van der Waals surface area contributed by atoms with E-state index in [0.29, 0.717) is 63.1 Å². The molecule has 7 heteroatoms. The Bertz CT molecular complexity index is 1700. The van der Waals surface area contributed by atoms with Crippen LogP contribution in [0.3, 0.4) is 0 Å². The van der Waals surface area contributed by atoms with Gasteiger partial charge in [-0.2, -0.15) is 0 Å². The van der Waals surface area contributed by atoms with Crippen LogP contribution in [0.4, 0.5) is 5.69 Å². The average molecular weight is 461 g/mol. The SMILES string of the molecule is O=C1c2ccccc2-c2c1c1ccccc1c(=O)n2-c1ccc2c(c1)C(=O)N1CCC[C@H]1C(=O)N2. The Labute approximate surface area is 199 Å². The van der Waals surface area contributed by atoms with Crippen molar-refractivity contribution in [2.75, 3.05) is 11.9 Å². The van der Waals surface area contributed by atoms with Crippen molar-refractivity contribution in [3.05, 3.63) is 93.8 Å². The number of aromatic nitrogens is 1. The van der Waals surface area contributed by atoms with E-state index >= 15 is 0 Å². The summed E-state index contributed by atoms with van der Waals surface area (Å²) in [4.78, 5) is 55.0. The number of hydrogen-bond donors (Lipinski definition) is 1. The molecule has 3 aromatic carbocycles. The van der Waals surface area contributed by atoms with E-state index in [1.54, 1.807) is 47.4 Å². The third kappa shape index (κ3) is 2.60. The molecular weight excluding hydrogens is 442 g/mol. The van der Waals surface area contributed by atoms with Crippen LogP contribution in [-0.2, 0) is 4.79 Å². The summed E-state index contributed by atoms with van der Waals surface area (Å²) in [6.07, 6.45) is 1.41. The van der Waals surface area contributed by atoms with E-state index in [9.17, 15) is 19.2 Å². The van der Waals surface area contributed by atoms with Crippen LogP contribution in [0.5, 0.6) is 0 Å². The van der Waals surface area contributed by atoms with Crippen LogP contribution < -0.4 is 10.9 Å². The average Bonchev–Trinajstić information content (AvgIpc) is 3.46. The van der Waals surface area contributed by atoms with Gasteiger partial charge in [0.25, 0.3) is 11.5 Å². The van der Waals surface area contributed by atoms with Gasteiger partial charge in [0.15, 0.2) is 5.78 Å². The van der Waals surface area contributed by atoms with Gasteiger partial charge in [0, 0.05) is 28.4 Å². The lowest BCUT2D eigenvalue weighted by molar-refractivity contribution is -0.119. The van der Waals surface area contributed by atoms with Crippen molar-refractivity contribution in [2.24, 2.45) is 0 Å². The minimum Gasteiger partial charge on any atom is -0.327 e. The fraction of sp³-hybridized carbons (Fsp3) is 0.143. The van der Waals surface area contributed by atoms with Crippen LogP contribution in [0.2, 0.25) is 0 Å². The number of carbonyl (C=O) groups excluding carboxylic acids is 3. The topological polar surface area (TPSA) is 88.5 Å². The maximum absolute atomic E-state index is 13.8. The summed E-state index contributed by atoms with van der Waals surface area (Å²) in [6, 6.07) is 18.9. The van der Waals surface area contributed by atoms with E-state index in [1.165, 1.54) is 4.57 Å². The molecule has 0 radical (unpaired) electrons. The number of pyridine rings is 1. The minimum atomic E-state index is -0.476. The number of hydrogen-bond acceptors (Lipinski definition) is 4. The molecule has 0 spiro atoms. The monoisotopic (exact) mass is 461 g/mol. The number of rotatable bonds is 1. The first kappa shape index (κ1) is 19.9. The minimum absolute atomic E-state index is 0.126. The van der Waals surface area contributed by atoms with Crippen molar-refractivity contribution in [3.8, 4) is 16.9 Å². The zero-order chi connectivity index (χ0) is 23.8. The third-order valence-corrected chi connectivity index (χ3v) is 7.31. The molecule has 1 atom stereocenters. The molecule has 4 aromatic rings. The van der Waals surface area contributed by atoms with E-state index in [2.05, 4.69) is 5.32 Å². The standard InChI is InChI=1S/C28H19N3O4/c32-25-18-8-3-2-7-17(18)24-23(25)16-6-1-4-9-19(16)28(35)31(24)15-11-12-21-20(14-15)27(34)30-13-5-10-22(30)26(33)29-21/h1-4,6-9,11-12,14,22H,5,10,13H2,(H,29,33)/t22-/m0/s1. The second-order valence-electron chi connectivity index (χ2n) is 9.16. The first-order valence-corrected chi connectivity index (χ1v) is 11.6. The number of carbonyl (C=O) groups is 3. The molecule has 1 fully saturated rings. The highest BCUT2D eigenvalue weighted by molar-refractivity contribution is 6.26. The number of anilines is 1. The highest BCUT2D eigenvalue weighted by Crippen LogP contribution is 2.40. The Morgan fingerprint density at radius 1 is 0.800 bits per heavy atom. The van der Waals surface area contributed by atoms with Crippen molar-refractivity contribution in [1.82, 2.24) is 9.47 Å². The molecule has 0 saturated carbocycles. The van der Waals surface area contributed by atoms with Crippen LogP contribution in [0.25, 0.3) is 27.7 Å². The highest BCUT2D eigenvalue weighted by Gasteiger charge is 2.39. The molecule has 3 heterocycles. The lowest BCUT2D eigenvalue weighted by atomic mass is 10.0. The number of amides is 2. The summed E-state index contributed by atoms with van der Waals surface area (Å²) >= 11 is 0. The summed E-state index contributed by atoms with van der Waals surface area (Å²) in [6.45, 7) is 0.522. The fourth-order valence-corrected chi connectivity index (χ4v) is 5.71. The van der Waals surface area contributed by atoms with Crippen molar-refractivity contribution in [2.45, 2.75) is 18.9 Å². The van der Waals surface area contributed by atoms with Crippen LogP contribution in [0.1, 0.15) is 39.1 Å². The van der Waals surface area contributed by atoms with Crippen LogP contribution in [0.15, 0.2) is 71.5 Å². The molecule has 7 nitrogen and oxygen atoms in total. The summed E-state index contributed by atoms with van der Waals surface area (Å²) < 4.78 is 1.53. The normalized spacial score (nSPS) is 18.1. The highest BCUT2D eigenvalue weighted by atomic mass is 16.2. The van der Waals surface area contributed by atoms with E-state index in [0.717, 1.165) is 6.42 Å². The van der Waals surface area contributed by atoms with Gasteiger partial charge in [-0.1, -0.05) is 42.5 Å². The molecule has 3 aliphatic rings. The van der Waals surface area contributed by atoms with Crippen molar-refractivity contribution in [3.63, 3.8) is 0 Å². The Morgan fingerprint density at radius 2 is 1.54 bits per heavy atom. The van der Waals surface area contributed by atoms with Gasteiger partial charge in [0.2, 0.25) is 5.91 Å². The number of fused-ring (bicyclic) bond motifs is 7. The number of benzene rings is 3. The molecule has 170 valence electrons. The largest absolute Gasteiger partial charge is 0.327 e. The molecule has 0 bridgehead atoms. The van der Waals surface area contributed by atoms with Gasteiger partial charge >= 0.3 is 0 Å². The van der Waals surface area contributed by atoms with E-state index in [4.69, 9.17) is 0 Å². The fourth-order valence-electron chi connectivity index (χ4n) is 5.71. The van der Waals surface area contributed by atoms with Crippen molar-refractivity contribution < 1.29 is 14.4 Å². The molecule has 0 unspecified atom stereocenters. The summed E-state index contributed by atoms with van der Waals surface area (Å²) in [5.74, 6) is -0.547. The van der Waals surface area contributed by atoms with E-state index in [1.807, 2.05) is 24.3 Å². The maximum Gasteiger partial charge on any atom is 0.263 e. The smallest absolute Gasteiger partial charge is 0.263 e. The Balaban J connectivity index is 1.54. The molecule has 2 amide bonds. The number of ketones is 1. The van der Waals surface area contributed by atoms with E-state index < -0.39 is 6.04 Å². The molecule has 1 aliphatic carbocycles. The lowest BCUT2D eigenvalue weighted by Crippen LogP contribution is -2.40. The molecular formula is C28H19N3O4. The predicted molar refractivity (Wildman–Crippen MR) is 131 cm³/mol. The second kappa shape index (κ2) is 6.99. The summed E-state index contributed by atoms with van der Waals surface area (Å²) in [5, 5.41) is 3.93. The first-order valence-electron chi connectivity index (χ1n) is 11.6. The van der Waals surface area contributed by atoms with Gasteiger partial charge in [-0.15, -0.1) is 0 Å². The van der Waals surface area contributed by atoms with Gasteiger partial charge in [-0.25, -0.2) is 0 Å². The Morgan fingerprint density at radius 3 is 2.37 bits per heavy atom. The number of nitrogens with zero attached hydrogens (tertiary/aromatic N) is 2. The second-order valence-corrected chi connectivity index (χ2v) is 9.16. The molecule has 35 heavy (non-hydrogen) atoms. The molecule has 7 rings (SSSR count). The first-order chi connectivity index (χ1) is 17.0. The van der Waals surface area contributed by atoms with Crippen molar-refractivity contribution in [1.29, 1.82) is 0 Å². The molecule has 1 aromatic heterocycles. The zero-order valence-corrected chi connectivity index (χ0v) is 18.6. The molecule has 1 saturated heterocycles. The van der Waals surface area contributed by atoms with Gasteiger partial charge in [0.1, 0.15) is 6.04 Å². The third-order valence-electron chi connectivity index (χ3n) is 7.31. The van der Waals surface area contributed by atoms with Crippen LogP contribution >= 0.6 is 0 Å². The van der Waals surface area contributed by atoms with Gasteiger partial charge in [0.05, 0.1) is 28.2 Å². The lowest BCUT2D eigenvalue weighted by Gasteiger charge is -2.20. The quantitative estimate of drug-likeness (QED) is 0.412. The maximum atomic E-state index is 13.8. The predicted octanol–water partition coefficient (Wildman–Crippen LogP) is 3.76. The number of nitrogens with one attached hydrogen (secondary N) is 1. The summed E-state index contributed by atoms with van der Waals surface area (Å²) in [7, 11) is 0. The van der Waals surface area contributed by atoms with Crippen LogP contribution in [0, 0.1) is 0 Å². The zero-order valence-electron chi connectivity index (χ0n) is 18.6. The molecule has 1 N–H and O–H groups in total. The van der Waals surface area contributed by atoms with Gasteiger partial charge in [-0.05, 0) is 37.1 Å². The Kier molecular flexibility index (Phi) is 3.98.